The third-order valence-electron chi connectivity index (χ3n) is 21.1. The Morgan fingerprint density at radius 2 is 0.865 bits per heavy atom. The van der Waals surface area contributed by atoms with E-state index in [0.29, 0.717) is 30.7 Å². The number of hydrogen-bond donors (Lipinski definition) is 24. The number of imidazole rings is 2. The zero-order valence-corrected chi connectivity index (χ0v) is 74.5. The van der Waals surface area contributed by atoms with E-state index in [9.17, 15) is 102 Å². The Hall–Kier alpha value is -11.5. The molecule has 0 radical (unpaired) electrons. The predicted octanol–water partition coefficient (Wildman–Crippen LogP) is -5.14. The summed E-state index contributed by atoms with van der Waals surface area (Å²) in [5, 5.41) is 69.7. The number of aromatic nitrogens is 4. The number of unbranched alkanes of at least 4 members (excludes halogenated alkanes) is 1. The molecule has 28 N–H and O–H groups in total. The number of nitrogens with two attached hydrogens (primary N) is 4. The van der Waals surface area contributed by atoms with E-state index in [-0.39, 0.29) is 89.5 Å². The van der Waals surface area contributed by atoms with Gasteiger partial charge in [-0.3, -0.25) is 86.3 Å². The summed E-state index contributed by atoms with van der Waals surface area (Å²) in [5.74, 6) is -19.3. The first kappa shape index (κ1) is 109. The Bertz CT molecular complexity index is 3990. The number of hydrogen-bond acceptors (Lipinski definition) is 24. The molecule has 0 saturated carbocycles. The van der Waals surface area contributed by atoms with Crippen LogP contribution in [-0.2, 0) is 99.1 Å². The van der Waals surface area contributed by atoms with Crippen LogP contribution >= 0.6 is 0 Å². The van der Waals surface area contributed by atoms with Gasteiger partial charge in [0.1, 0.15) is 89.6 Å². The molecule has 1 aliphatic rings. The molecule has 0 fully saturated rings. The fraction of sp³-hybridized carbons (Fsp3) is 0.683. The van der Waals surface area contributed by atoms with Gasteiger partial charge in [-0.05, 0) is 140 Å². The van der Waals surface area contributed by atoms with E-state index in [2.05, 4.69) is 99.7 Å². The Morgan fingerprint density at radius 1 is 0.476 bits per heavy atom. The molecule has 44 nitrogen and oxygen atoms in total. The number of carbonyl (C=O) groups excluding carboxylic acids is 18. The molecule has 16 atom stereocenters. The van der Waals surface area contributed by atoms with E-state index in [0.717, 1.165) is 0 Å². The number of rotatable bonds is 48. The van der Waals surface area contributed by atoms with E-state index >= 15 is 0 Å². The maximum Gasteiger partial charge on any atom is 0.246 e. The van der Waals surface area contributed by atoms with Gasteiger partial charge in [0.2, 0.25) is 106 Å². The van der Waals surface area contributed by atoms with Crippen LogP contribution < -0.4 is 103 Å². The Labute approximate surface area is 733 Å². The number of nitrogens with zero attached hydrogens (tertiary/aromatic N) is 2. The van der Waals surface area contributed by atoms with Crippen molar-refractivity contribution < 1.29 is 102 Å². The number of nitrogens with one attached hydrogen (secondary N) is 17. The van der Waals surface area contributed by atoms with Gasteiger partial charge >= 0.3 is 0 Å². The zero-order chi connectivity index (χ0) is 94.9. The topological polar surface area (TPSA) is 710 Å². The van der Waals surface area contributed by atoms with E-state index in [1.165, 1.54) is 45.8 Å². The lowest BCUT2D eigenvalue weighted by atomic mass is 9.91. The van der Waals surface area contributed by atoms with Crippen molar-refractivity contribution in [2.45, 2.75) is 302 Å². The summed E-state index contributed by atoms with van der Waals surface area (Å²) in [7, 11) is 0. The van der Waals surface area contributed by atoms with Crippen LogP contribution in [0.15, 0.2) is 37.2 Å². The number of aliphatic hydroxyl groups is 3. The summed E-state index contributed by atoms with van der Waals surface area (Å²) in [6.07, 6.45) is 7.93. The smallest absolute Gasteiger partial charge is 0.246 e. The van der Waals surface area contributed by atoms with Gasteiger partial charge in [-0.15, -0.1) is 0 Å². The molecule has 2 aromatic rings. The van der Waals surface area contributed by atoms with Crippen LogP contribution in [0, 0.1) is 29.6 Å². The average Bonchev–Trinajstić information content (AvgIpc) is 1.16. The normalized spacial score (nSPS) is 20.3. The van der Waals surface area contributed by atoms with Crippen molar-refractivity contribution in [2.75, 3.05) is 26.4 Å². The Morgan fingerprint density at radius 3 is 1.27 bits per heavy atom. The number of H-pyrrole nitrogens is 2. The highest BCUT2D eigenvalue weighted by molar-refractivity contribution is 6.02. The first-order valence-corrected chi connectivity index (χ1v) is 42.8. The average molecular weight is 1780 g/mol. The van der Waals surface area contributed by atoms with Gasteiger partial charge < -0.3 is 128 Å². The number of aliphatic hydroxyl groups excluding tert-OH is 3. The molecule has 2 aromatic heterocycles. The molecular formula is C82H137N23O21. The van der Waals surface area contributed by atoms with Crippen LogP contribution in [0.3, 0.4) is 0 Å². The van der Waals surface area contributed by atoms with E-state index in [1.54, 1.807) is 81.4 Å². The second-order valence-corrected chi connectivity index (χ2v) is 34.0. The number of carbonyl (C=O) groups is 18. The minimum Gasteiger partial charge on any atom is -0.394 e. The van der Waals surface area contributed by atoms with Crippen molar-refractivity contribution in [3.8, 4) is 0 Å². The molecule has 0 saturated heterocycles. The molecule has 126 heavy (non-hydrogen) atoms. The van der Waals surface area contributed by atoms with Crippen LogP contribution in [-0.4, -0.2) is 258 Å². The molecule has 3 heterocycles. The van der Waals surface area contributed by atoms with Gasteiger partial charge in [0.15, 0.2) is 0 Å². The summed E-state index contributed by atoms with van der Waals surface area (Å²) in [4.78, 5) is 265. The molecule has 3 rings (SSSR count). The second kappa shape index (κ2) is 54.4. The monoisotopic (exact) mass is 1780 g/mol. The van der Waals surface area contributed by atoms with Crippen LogP contribution in [0.4, 0.5) is 0 Å². The molecule has 0 unspecified atom stereocenters. The lowest BCUT2D eigenvalue weighted by Crippen LogP contribution is -2.65. The van der Waals surface area contributed by atoms with Crippen molar-refractivity contribution in [3.05, 3.63) is 48.6 Å². The van der Waals surface area contributed by atoms with Crippen molar-refractivity contribution in [1.82, 2.24) is 99.7 Å². The molecule has 0 bridgehead atoms. The molecule has 18 amide bonds. The third-order valence-corrected chi connectivity index (χ3v) is 21.1. The number of primary amides is 3. The first-order valence-electron chi connectivity index (χ1n) is 42.8. The van der Waals surface area contributed by atoms with Crippen LogP contribution in [0.2, 0.25) is 0 Å². The molecule has 0 spiro atoms. The summed E-state index contributed by atoms with van der Waals surface area (Å²) < 4.78 is 0. The fourth-order valence-electron chi connectivity index (χ4n) is 13.6. The van der Waals surface area contributed by atoms with Crippen LogP contribution in [0.5, 0.6) is 0 Å². The van der Waals surface area contributed by atoms with Crippen molar-refractivity contribution in [1.29, 1.82) is 0 Å². The van der Waals surface area contributed by atoms with Crippen LogP contribution in [0.25, 0.3) is 0 Å². The molecule has 44 heteroatoms. The van der Waals surface area contributed by atoms with Gasteiger partial charge in [-0.2, -0.15) is 0 Å². The van der Waals surface area contributed by atoms with E-state index < -0.39 is 265 Å². The Kier molecular flexibility index (Phi) is 46.9. The standard InChI is InChI=1S/C82H137N23O21/c1-14-47(10)65(102-68(114)51(23-19-22-30-83)92-72(118)57(91-48(11)109)34-49-36-87-41-89-49)78(124)98-56(33-45(6)7)71(117)97-58(35-50-37-88-42-90-50)73(119)93-52(24-26-62(84)110)67(113)95-55(32-44(4)5)70(116)96-54(31-43(2)3)69(115)94-53(25-27-63(85)111)76(122)104-81(12)28-20-17-15-16-18-21-29-82(13,80(126)103-64(46(8)9)66(86)112)105-77(123)61(40-108)100-74(120)59(38-106)99-75(121)60(39-107)101-79(81)125/h15-16,36-37,41-47,51-61,64-65,106-108H,14,17-35,38-40,83H2,1-13H3,(H2,84,110)(H2,85,111)(H2,86,112)(H,87,89)(H,88,90)(H,91,109)(H,92,118)(H,93,119)(H,94,115)(H,95,113)(H,96,116)(H,97,117)(H,98,124)(H,99,121)(H,100,120)(H,101,125)(H,102,114)(H,103,126)(H,104,122)(H,105,123)/b16-15-/t47-,51-,52-,53-,54-,55-,56-,57-,58-,59-,60-,61-,64-,65-,81-,82-/m0/s1. The second-order valence-electron chi connectivity index (χ2n) is 34.0. The molecule has 706 valence electrons. The van der Waals surface area contributed by atoms with Crippen LogP contribution in [0.1, 0.15) is 211 Å². The first-order chi connectivity index (χ1) is 59.2. The highest BCUT2D eigenvalue weighted by atomic mass is 16.3. The minimum absolute atomic E-state index is 0.00677. The molecule has 1 aliphatic heterocycles. The SMILES string of the molecule is CC[C@H](C)[C@H](NC(=O)[C@H](CCCCN)NC(=O)[C@H](Cc1cnc[nH]1)NC(C)=O)C(=O)N[C@@H](CC(C)C)C(=O)N[C@@H](Cc1cnc[nH]1)C(=O)N[C@@H](CCC(N)=O)C(=O)N[C@@H](CC(C)C)C(=O)N[C@@H](CC(C)C)C(=O)N[C@@H](CCC(N)=O)C(=O)N[C@@]1(C)CCC/C=C\CCC[C@@](C)(C(=O)N[C@H](C(N)=O)C(C)C)NC(=O)[C@H](CO)NC(=O)[C@H](CO)NC(=O)[C@H](CO)NC1=O. The predicted molar refractivity (Wildman–Crippen MR) is 458 cm³/mol. The highest BCUT2D eigenvalue weighted by Crippen LogP contribution is 2.22. The summed E-state index contributed by atoms with van der Waals surface area (Å²) in [6.45, 7) is 17.7. The minimum atomic E-state index is -2.09. The largest absolute Gasteiger partial charge is 0.394 e. The number of allylic oxidation sites excluding steroid dienone is 2. The molecular weight excluding hydrogens is 1640 g/mol. The summed E-state index contributed by atoms with van der Waals surface area (Å²) in [5.41, 5.74) is 19.5. The Balaban J connectivity index is 2.03. The maximum atomic E-state index is 14.9. The van der Waals surface area contributed by atoms with Gasteiger partial charge in [0.25, 0.3) is 0 Å². The zero-order valence-electron chi connectivity index (χ0n) is 74.5. The fourth-order valence-corrected chi connectivity index (χ4v) is 13.6. The van der Waals surface area contributed by atoms with E-state index in [4.69, 9.17) is 22.9 Å². The van der Waals surface area contributed by atoms with Crippen molar-refractivity contribution >= 4 is 106 Å². The lowest BCUT2D eigenvalue weighted by Gasteiger charge is -2.33. The summed E-state index contributed by atoms with van der Waals surface area (Å²) >= 11 is 0. The summed E-state index contributed by atoms with van der Waals surface area (Å²) in [6, 6.07) is -20.0. The van der Waals surface area contributed by atoms with E-state index in [1.807, 2.05) is 0 Å². The third kappa shape index (κ3) is 37.7. The number of aromatic amines is 2. The van der Waals surface area contributed by atoms with Gasteiger partial charge in [-0.25, -0.2) is 9.97 Å². The maximum absolute atomic E-state index is 14.9. The van der Waals surface area contributed by atoms with Gasteiger partial charge in [-0.1, -0.05) is 87.8 Å². The lowest BCUT2D eigenvalue weighted by molar-refractivity contribution is -0.139. The van der Waals surface area contributed by atoms with Gasteiger partial charge in [0, 0.05) is 56.4 Å². The van der Waals surface area contributed by atoms with Crippen molar-refractivity contribution in [3.63, 3.8) is 0 Å². The van der Waals surface area contributed by atoms with Crippen molar-refractivity contribution in [2.24, 2.45) is 52.5 Å². The number of amides is 18. The quantitative estimate of drug-likeness (QED) is 0.0218. The highest BCUT2D eigenvalue weighted by Gasteiger charge is 2.44. The molecule has 0 aliphatic carbocycles. The van der Waals surface area contributed by atoms with Gasteiger partial charge in [0.05, 0.1) is 32.5 Å². The molecule has 0 aromatic carbocycles.